The van der Waals surface area contributed by atoms with E-state index in [1.54, 1.807) is 0 Å². The van der Waals surface area contributed by atoms with Crippen molar-refractivity contribution in [2.45, 2.75) is 26.7 Å². The van der Waals surface area contributed by atoms with E-state index in [1.807, 2.05) is 35.8 Å². The molecule has 1 heterocycles. The molecule has 0 atom stereocenters. The van der Waals surface area contributed by atoms with Crippen LogP contribution in [0.25, 0.3) is 0 Å². The maximum atomic E-state index is 12.9. The minimum absolute atomic E-state index is 0.168. The van der Waals surface area contributed by atoms with Crippen molar-refractivity contribution in [3.63, 3.8) is 0 Å². The predicted molar refractivity (Wildman–Crippen MR) is 91.1 cm³/mol. The smallest absolute Gasteiger partial charge is 0.320 e. The Kier molecular flexibility index (Phi) is 6.84. The van der Waals surface area contributed by atoms with Gasteiger partial charge in [-0.3, -0.25) is 4.90 Å². The lowest BCUT2D eigenvalue weighted by molar-refractivity contribution is 0.115. The number of aryl methyl sites for hydroxylation is 1. The topological polar surface area (TPSA) is 26.8 Å². The normalized spacial score (nSPS) is 15.7. The monoisotopic (exact) mass is 321 g/mol. The highest BCUT2D eigenvalue weighted by molar-refractivity contribution is 5.74. The summed E-state index contributed by atoms with van der Waals surface area (Å²) in [5.41, 5.74) is 1.18. The number of nitrogens with zero attached hydrogens (tertiary/aromatic N) is 3. The summed E-state index contributed by atoms with van der Waals surface area (Å²) in [5, 5.41) is 0. The second kappa shape index (κ2) is 8.87. The first-order valence-corrected chi connectivity index (χ1v) is 8.64. The van der Waals surface area contributed by atoms with Gasteiger partial charge in [-0.25, -0.2) is 9.18 Å². The average Bonchev–Trinajstić information content (AvgIpc) is 2.58. The Morgan fingerprint density at radius 2 is 1.70 bits per heavy atom. The van der Waals surface area contributed by atoms with Crippen molar-refractivity contribution in [1.29, 1.82) is 0 Å². The van der Waals surface area contributed by atoms with Crippen molar-refractivity contribution in [3.05, 3.63) is 35.6 Å². The molecule has 1 aliphatic heterocycles. The number of rotatable bonds is 6. The van der Waals surface area contributed by atoms with E-state index in [4.69, 9.17) is 0 Å². The lowest BCUT2D eigenvalue weighted by Crippen LogP contribution is -2.52. The van der Waals surface area contributed by atoms with E-state index in [0.717, 1.165) is 58.7 Å². The minimum atomic E-state index is -0.178. The van der Waals surface area contributed by atoms with E-state index in [-0.39, 0.29) is 11.8 Å². The molecule has 0 aliphatic carbocycles. The molecule has 1 fully saturated rings. The summed E-state index contributed by atoms with van der Waals surface area (Å²) in [6.45, 7) is 10.1. The van der Waals surface area contributed by atoms with Crippen LogP contribution in [0.15, 0.2) is 24.3 Å². The quantitative estimate of drug-likeness (QED) is 0.805. The standard InChI is InChI=1S/C18H28FN3O/c1-3-21(4-2)18(23)22-14-12-20(13-15-22)11-5-6-16-7-9-17(19)10-8-16/h7-10H,3-6,11-15H2,1-2H3. The third-order valence-corrected chi connectivity index (χ3v) is 4.53. The van der Waals surface area contributed by atoms with Crippen LogP contribution in [0.3, 0.4) is 0 Å². The first-order valence-electron chi connectivity index (χ1n) is 8.64. The fourth-order valence-corrected chi connectivity index (χ4v) is 3.01. The summed E-state index contributed by atoms with van der Waals surface area (Å²) >= 11 is 0. The third kappa shape index (κ3) is 5.20. The summed E-state index contributed by atoms with van der Waals surface area (Å²) in [4.78, 5) is 18.5. The van der Waals surface area contributed by atoms with Crippen molar-refractivity contribution in [2.75, 3.05) is 45.8 Å². The van der Waals surface area contributed by atoms with Crippen LogP contribution in [0.5, 0.6) is 0 Å². The summed E-state index contributed by atoms with van der Waals surface area (Å²) in [7, 11) is 0. The second-order valence-electron chi connectivity index (χ2n) is 6.01. The Morgan fingerprint density at radius 3 is 2.26 bits per heavy atom. The Labute approximate surface area is 138 Å². The second-order valence-corrected chi connectivity index (χ2v) is 6.01. The number of piperazine rings is 1. The van der Waals surface area contributed by atoms with Gasteiger partial charge in [0, 0.05) is 39.3 Å². The van der Waals surface area contributed by atoms with Gasteiger partial charge in [-0.15, -0.1) is 0 Å². The molecule has 5 heteroatoms. The van der Waals surface area contributed by atoms with Crippen LogP contribution in [0.1, 0.15) is 25.8 Å². The Hall–Kier alpha value is -1.62. The zero-order valence-corrected chi connectivity index (χ0v) is 14.3. The molecule has 0 radical (unpaired) electrons. The molecular formula is C18H28FN3O. The number of hydrogen-bond donors (Lipinski definition) is 0. The highest BCUT2D eigenvalue weighted by Crippen LogP contribution is 2.09. The molecule has 1 saturated heterocycles. The molecule has 0 spiro atoms. The van der Waals surface area contributed by atoms with E-state index >= 15 is 0 Å². The number of carbonyl (C=O) groups excluding carboxylic acids is 1. The van der Waals surface area contributed by atoms with Gasteiger partial charge in [0.15, 0.2) is 0 Å². The van der Waals surface area contributed by atoms with Crippen molar-refractivity contribution in [2.24, 2.45) is 0 Å². The van der Waals surface area contributed by atoms with Crippen LogP contribution >= 0.6 is 0 Å². The Morgan fingerprint density at radius 1 is 1.09 bits per heavy atom. The van der Waals surface area contributed by atoms with Gasteiger partial charge in [-0.1, -0.05) is 12.1 Å². The largest absolute Gasteiger partial charge is 0.325 e. The lowest BCUT2D eigenvalue weighted by atomic mass is 10.1. The van der Waals surface area contributed by atoms with Gasteiger partial charge in [0.05, 0.1) is 0 Å². The van der Waals surface area contributed by atoms with E-state index in [2.05, 4.69) is 4.90 Å². The molecule has 2 amide bonds. The minimum Gasteiger partial charge on any atom is -0.325 e. The summed E-state index contributed by atoms with van der Waals surface area (Å²) in [6, 6.07) is 6.92. The number of carbonyl (C=O) groups is 1. The van der Waals surface area contributed by atoms with E-state index < -0.39 is 0 Å². The summed E-state index contributed by atoms with van der Waals surface area (Å²) in [6.07, 6.45) is 2.04. The predicted octanol–water partition coefficient (Wildman–Crippen LogP) is 2.84. The van der Waals surface area contributed by atoms with Gasteiger partial charge >= 0.3 is 6.03 Å². The summed E-state index contributed by atoms with van der Waals surface area (Å²) < 4.78 is 12.9. The molecule has 1 aliphatic rings. The molecule has 4 nitrogen and oxygen atoms in total. The maximum Gasteiger partial charge on any atom is 0.320 e. The summed E-state index contributed by atoms with van der Waals surface area (Å²) in [5.74, 6) is -0.178. The molecular weight excluding hydrogens is 293 g/mol. The first-order chi connectivity index (χ1) is 11.1. The SMILES string of the molecule is CCN(CC)C(=O)N1CCN(CCCc2ccc(F)cc2)CC1. The molecule has 0 N–H and O–H groups in total. The fraction of sp³-hybridized carbons (Fsp3) is 0.611. The molecule has 0 saturated carbocycles. The molecule has 128 valence electrons. The van der Waals surface area contributed by atoms with Crippen LogP contribution in [-0.4, -0.2) is 66.5 Å². The molecule has 1 aromatic carbocycles. The third-order valence-electron chi connectivity index (χ3n) is 4.53. The zero-order valence-electron chi connectivity index (χ0n) is 14.3. The zero-order chi connectivity index (χ0) is 16.7. The molecule has 1 aromatic rings. The average molecular weight is 321 g/mol. The van der Waals surface area contributed by atoms with E-state index in [9.17, 15) is 9.18 Å². The van der Waals surface area contributed by atoms with Crippen LogP contribution in [0, 0.1) is 5.82 Å². The number of amides is 2. The van der Waals surface area contributed by atoms with Gasteiger partial charge < -0.3 is 9.80 Å². The Bertz CT molecular complexity index is 480. The molecule has 0 aromatic heterocycles. The molecule has 0 bridgehead atoms. The van der Waals surface area contributed by atoms with Crippen molar-refractivity contribution in [1.82, 2.24) is 14.7 Å². The number of urea groups is 1. The van der Waals surface area contributed by atoms with Crippen LogP contribution in [-0.2, 0) is 6.42 Å². The lowest BCUT2D eigenvalue weighted by Gasteiger charge is -2.37. The number of hydrogen-bond acceptors (Lipinski definition) is 2. The van der Waals surface area contributed by atoms with Crippen LogP contribution < -0.4 is 0 Å². The van der Waals surface area contributed by atoms with Gasteiger partial charge in [0.25, 0.3) is 0 Å². The van der Waals surface area contributed by atoms with Crippen molar-refractivity contribution < 1.29 is 9.18 Å². The van der Waals surface area contributed by atoms with Crippen molar-refractivity contribution in [3.8, 4) is 0 Å². The number of halogens is 1. The molecule has 23 heavy (non-hydrogen) atoms. The maximum absolute atomic E-state index is 12.9. The fourth-order valence-electron chi connectivity index (χ4n) is 3.01. The van der Waals surface area contributed by atoms with Gasteiger partial charge in [-0.2, -0.15) is 0 Å². The Balaban J connectivity index is 1.68. The van der Waals surface area contributed by atoms with E-state index in [0.29, 0.717) is 0 Å². The molecule has 0 unspecified atom stereocenters. The first kappa shape index (κ1) is 17.7. The van der Waals surface area contributed by atoms with Gasteiger partial charge in [0.2, 0.25) is 0 Å². The number of benzene rings is 1. The van der Waals surface area contributed by atoms with Crippen LogP contribution in [0.2, 0.25) is 0 Å². The van der Waals surface area contributed by atoms with E-state index in [1.165, 1.54) is 17.7 Å². The van der Waals surface area contributed by atoms with Crippen LogP contribution in [0.4, 0.5) is 9.18 Å². The highest BCUT2D eigenvalue weighted by atomic mass is 19.1. The highest BCUT2D eigenvalue weighted by Gasteiger charge is 2.23. The van der Waals surface area contributed by atoms with Crippen molar-refractivity contribution >= 4 is 6.03 Å². The van der Waals surface area contributed by atoms with Gasteiger partial charge in [-0.05, 0) is 50.9 Å². The van der Waals surface area contributed by atoms with Gasteiger partial charge in [0.1, 0.15) is 5.82 Å². The molecule has 2 rings (SSSR count).